The fraction of sp³-hybridized carbons (Fsp3) is 0. The molecule has 0 fully saturated rings. The molecule has 0 radical (unpaired) electrons. The predicted molar refractivity (Wildman–Crippen MR) is 60.1 cm³/mol. The van der Waals surface area contributed by atoms with E-state index in [1.165, 1.54) is 24.3 Å². The van der Waals surface area contributed by atoms with Gasteiger partial charge in [0.05, 0.1) is 15.7 Å². The van der Waals surface area contributed by atoms with Gasteiger partial charge < -0.3 is 4.98 Å². The second kappa shape index (κ2) is 4.17. The lowest BCUT2D eigenvalue weighted by Crippen LogP contribution is -2.05. The second-order valence-corrected chi connectivity index (χ2v) is 4.00. The number of rotatable bonds is 1. The number of hydrogen-bond donors (Lipinski definition) is 1. The molecular weight excluding hydrogens is 280 g/mol. The molecule has 2 nitrogen and oxygen atoms in total. The van der Waals surface area contributed by atoms with E-state index in [1.54, 1.807) is 0 Å². The molecule has 2 aromatic rings. The standard InChI is InChI=1S/C11H6BrF2NO/c12-6-4-5-7(13)10(11(6)14)8-2-1-3-9(16)15-8/h1-5H,(H,15,16). The lowest BCUT2D eigenvalue weighted by Gasteiger charge is -2.05. The largest absolute Gasteiger partial charge is 0.322 e. The lowest BCUT2D eigenvalue weighted by atomic mass is 10.1. The van der Waals surface area contributed by atoms with Crippen molar-refractivity contribution in [3.63, 3.8) is 0 Å². The number of pyridine rings is 1. The van der Waals surface area contributed by atoms with Crippen LogP contribution in [0.4, 0.5) is 8.78 Å². The molecule has 0 amide bonds. The summed E-state index contributed by atoms with van der Waals surface area (Å²) in [5.41, 5.74) is -0.535. The molecule has 82 valence electrons. The normalized spacial score (nSPS) is 10.4. The molecule has 0 aliphatic rings. The van der Waals surface area contributed by atoms with Gasteiger partial charge in [-0.25, -0.2) is 8.78 Å². The first-order valence-corrected chi connectivity index (χ1v) is 5.22. The van der Waals surface area contributed by atoms with Crippen LogP contribution in [0, 0.1) is 11.6 Å². The third-order valence-corrected chi connectivity index (χ3v) is 2.69. The first-order chi connectivity index (χ1) is 7.59. The molecule has 0 unspecified atom stereocenters. The fourth-order valence-electron chi connectivity index (χ4n) is 1.37. The van der Waals surface area contributed by atoms with Crippen molar-refractivity contribution < 1.29 is 8.78 Å². The Kier molecular flexibility index (Phi) is 2.87. The van der Waals surface area contributed by atoms with Gasteiger partial charge in [-0.1, -0.05) is 6.07 Å². The lowest BCUT2D eigenvalue weighted by molar-refractivity contribution is 0.584. The summed E-state index contributed by atoms with van der Waals surface area (Å²) in [6, 6.07) is 6.56. The summed E-state index contributed by atoms with van der Waals surface area (Å²) in [5.74, 6) is -1.45. The number of aromatic nitrogens is 1. The molecule has 0 saturated carbocycles. The monoisotopic (exact) mass is 285 g/mol. The van der Waals surface area contributed by atoms with Crippen molar-refractivity contribution in [3.8, 4) is 11.3 Å². The maximum absolute atomic E-state index is 13.7. The fourth-order valence-corrected chi connectivity index (χ4v) is 1.70. The molecule has 1 aromatic carbocycles. The first kappa shape index (κ1) is 11.0. The van der Waals surface area contributed by atoms with E-state index >= 15 is 0 Å². The summed E-state index contributed by atoms with van der Waals surface area (Å²) >= 11 is 2.96. The molecule has 0 aliphatic carbocycles. The quantitative estimate of drug-likeness (QED) is 0.803. The zero-order valence-corrected chi connectivity index (χ0v) is 9.51. The Hall–Kier alpha value is -1.49. The Labute approximate surface area is 98.1 Å². The van der Waals surface area contributed by atoms with E-state index in [4.69, 9.17) is 0 Å². The van der Waals surface area contributed by atoms with E-state index in [1.807, 2.05) is 0 Å². The second-order valence-electron chi connectivity index (χ2n) is 3.15. The Morgan fingerprint density at radius 2 is 1.88 bits per heavy atom. The first-order valence-electron chi connectivity index (χ1n) is 4.43. The van der Waals surface area contributed by atoms with E-state index < -0.39 is 17.2 Å². The smallest absolute Gasteiger partial charge is 0.248 e. The molecule has 16 heavy (non-hydrogen) atoms. The average Bonchev–Trinajstić information content (AvgIpc) is 2.24. The average molecular weight is 286 g/mol. The van der Waals surface area contributed by atoms with Crippen LogP contribution in [0.1, 0.15) is 0 Å². The van der Waals surface area contributed by atoms with Crippen LogP contribution in [-0.4, -0.2) is 4.98 Å². The highest BCUT2D eigenvalue weighted by molar-refractivity contribution is 9.10. The van der Waals surface area contributed by atoms with Gasteiger partial charge in [-0.15, -0.1) is 0 Å². The summed E-state index contributed by atoms with van der Waals surface area (Å²) < 4.78 is 27.3. The molecule has 1 N–H and O–H groups in total. The van der Waals surface area contributed by atoms with Crippen LogP contribution in [0.5, 0.6) is 0 Å². The van der Waals surface area contributed by atoms with Crippen molar-refractivity contribution >= 4 is 15.9 Å². The summed E-state index contributed by atoms with van der Waals surface area (Å²) in [6.45, 7) is 0. The van der Waals surface area contributed by atoms with Crippen LogP contribution in [-0.2, 0) is 0 Å². The molecule has 0 bridgehead atoms. The van der Waals surface area contributed by atoms with Crippen LogP contribution in [0.2, 0.25) is 0 Å². The van der Waals surface area contributed by atoms with Gasteiger partial charge in [0.2, 0.25) is 5.56 Å². The highest BCUT2D eigenvalue weighted by Gasteiger charge is 2.14. The minimum atomic E-state index is -0.734. The van der Waals surface area contributed by atoms with Crippen LogP contribution < -0.4 is 5.56 Å². The SMILES string of the molecule is O=c1cccc(-c2c(F)ccc(Br)c2F)[nH]1. The van der Waals surface area contributed by atoms with Crippen molar-refractivity contribution in [1.82, 2.24) is 4.98 Å². The summed E-state index contributed by atoms with van der Waals surface area (Å²) in [4.78, 5) is 13.4. The van der Waals surface area contributed by atoms with Crippen molar-refractivity contribution in [2.45, 2.75) is 0 Å². The number of halogens is 3. The molecule has 0 spiro atoms. The topological polar surface area (TPSA) is 32.9 Å². The molecule has 0 aliphatic heterocycles. The zero-order valence-electron chi connectivity index (χ0n) is 7.93. The predicted octanol–water partition coefficient (Wildman–Crippen LogP) is 3.08. The van der Waals surface area contributed by atoms with Gasteiger partial charge >= 0.3 is 0 Å². The van der Waals surface area contributed by atoms with Crippen molar-refractivity contribution in [1.29, 1.82) is 0 Å². The molecular formula is C11H6BrF2NO. The van der Waals surface area contributed by atoms with Gasteiger partial charge in [-0.2, -0.15) is 0 Å². The van der Waals surface area contributed by atoms with Crippen LogP contribution in [0.3, 0.4) is 0 Å². The van der Waals surface area contributed by atoms with Gasteiger partial charge in [-0.05, 0) is 34.1 Å². The van der Waals surface area contributed by atoms with Crippen molar-refractivity contribution in [2.24, 2.45) is 0 Å². The van der Waals surface area contributed by atoms with E-state index in [9.17, 15) is 13.6 Å². The van der Waals surface area contributed by atoms with Crippen LogP contribution in [0.15, 0.2) is 39.6 Å². The molecule has 0 saturated heterocycles. The number of aromatic amines is 1. The Morgan fingerprint density at radius 3 is 2.56 bits per heavy atom. The van der Waals surface area contributed by atoms with Gasteiger partial charge in [0.25, 0.3) is 0 Å². The summed E-state index contributed by atoms with van der Waals surface area (Å²) in [6.07, 6.45) is 0. The number of benzene rings is 1. The van der Waals surface area contributed by atoms with E-state index in [0.717, 1.165) is 6.07 Å². The highest BCUT2D eigenvalue weighted by Crippen LogP contribution is 2.28. The molecule has 5 heteroatoms. The van der Waals surface area contributed by atoms with Crippen LogP contribution in [0.25, 0.3) is 11.3 Å². The number of hydrogen-bond acceptors (Lipinski definition) is 1. The number of H-pyrrole nitrogens is 1. The van der Waals surface area contributed by atoms with E-state index in [0.29, 0.717) is 0 Å². The minimum absolute atomic E-state index is 0.115. The molecule has 1 aromatic heterocycles. The Morgan fingerprint density at radius 1 is 1.12 bits per heavy atom. The minimum Gasteiger partial charge on any atom is -0.322 e. The van der Waals surface area contributed by atoms with E-state index in [2.05, 4.69) is 20.9 Å². The Balaban J connectivity index is 2.73. The highest BCUT2D eigenvalue weighted by atomic mass is 79.9. The maximum Gasteiger partial charge on any atom is 0.248 e. The third kappa shape index (κ3) is 1.90. The zero-order chi connectivity index (χ0) is 11.7. The Bertz CT molecular complexity index is 595. The third-order valence-electron chi connectivity index (χ3n) is 2.08. The number of nitrogens with one attached hydrogen (secondary N) is 1. The van der Waals surface area contributed by atoms with E-state index in [-0.39, 0.29) is 15.7 Å². The van der Waals surface area contributed by atoms with Gasteiger partial charge in [0, 0.05) is 6.07 Å². The summed E-state index contributed by atoms with van der Waals surface area (Å²) in [7, 11) is 0. The molecule has 2 rings (SSSR count). The maximum atomic E-state index is 13.7. The van der Waals surface area contributed by atoms with Gasteiger partial charge in [0.1, 0.15) is 11.6 Å². The van der Waals surface area contributed by atoms with Crippen molar-refractivity contribution in [3.05, 3.63) is 56.8 Å². The summed E-state index contributed by atoms with van der Waals surface area (Å²) in [5, 5.41) is 0. The molecule has 0 atom stereocenters. The molecule has 1 heterocycles. The van der Waals surface area contributed by atoms with Crippen molar-refractivity contribution in [2.75, 3.05) is 0 Å². The van der Waals surface area contributed by atoms with Gasteiger partial charge in [0.15, 0.2) is 0 Å². The van der Waals surface area contributed by atoms with Gasteiger partial charge in [-0.3, -0.25) is 4.79 Å². The van der Waals surface area contributed by atoms with Crippen LogP contribution >= 0.6 is 15.9 Å².